The molecule has 0 bridgehead atoms. The first-order chi connectivity index (χ1) is 12.1. The van der Waals surface area contributed by atoms with E-state index in [1.807, 2.05) is 48.5 Å². The van der Waals surface area contributed by atoms with E-state index in [0.29, 0.717) is 21.8 Å². The van der Waals surface area contributed by atoms with E-state index in [9.17, 15) is 8.60 Å². The van der Waals surface area contributed by atoms with E-state index in [2.05, 4.69) is 0 Å². The van der Waals surface area contributed by atoms with Gasteiger partial charge in [-0.3, -0.25) is 4.21 Å². The Balaban J connectivity index is 1.95. The van der Waals surface area contributed by atoms with Crippen LogP contribution in [-0.2, 0) is 10.8 Å². The predicted molar refractivity (Wildman–Crippen MR) is 99.4 cm³/mol. The number of hydrogen-bond donors (Lipinski definition) is 0. The van der Waals surface area contributed by atoms with Crippen LogP contribution in [0.15, 0.2) is 82.1 Å². The third kappa shape index (κ3) is 2.89. The third-order valence-corrected chi connectivity index (χ3v) is 5.12. The Morgan fingerprint density at radius 1 is 0.840 bits per heavy atom. The molecule has 4 rings (SSSR count). The van der Waals surface area contributed by atoms with Gasteiger partial charge in [0.2, 0.25) is 0 Å². The molecule has 0 saturated heterocycles. The number of halogens is 1. The van der Waals surface area contributed by atoms with Gasteiger partial charge >= 0.3 is 0 Å². The first-order valence-electron chi connectivity index (χ1n) is 7.85. The Hall–Kier alpha value is -2.72. The van der Waals surface area contributed by atoms with Gasteiger partial charge in [0.05, 0.1) is 15.7 Å². The molecule has 25 heavy (non-hydrogen) atoms. The fourth-order valence-electron chi connectivity index (χ4n) is 2.96. The van der Waals surface area contributed by atoms with Crippen LogP contribution in [-0.4, -0.2) is 10.5 Å². The van der Waals surface area contributed by atoms with Crippen LogP contribution in [0.4, 0.5) is 4.39 Å². The highest BCUT2D eigenvalue weighted by atomic mass is 32.2. The van der Waals surface area contributed by atoms with Gasteiger partial charge in [0.15, 0.2) is 5.76 Å². The molecule has 0 fully saturated rings. The molecule has 0 saturated carbocycles. The van der Waals surface area contributed by atoms with Crippen LogP contribution in [0.1, 0.15) is 0 Å². The maximum absolute atomic E-state index is 13.2. The Labute approximate surface area is 147 Å². The van der Waals surface area contributed by atoms with Gasteiger partial charge in [-0.05, 0) is 47.5 Å². The predicted octanol–water partition coefficient (Wildman–Crippen LogP) is 5.64. The molecule has 124 valence electrons. The number of furan rings is 1. The number of rotatable bonds is 3. The number of benzene rings is 3. The van der Waals surface area contributed by atoms with Gasteiger partial charge in [-0.15, -0.1) is 0 Å². The van der Waals surface area contributed by atoms with Gasteiger partial charge in [-0.2, -0.15) is 0 Å². The summed E-state index contributed by atoms with van der Waals surface area (Å²) in [6.45, 7) is 0. The Bertz CT molecular complexity index is 1070. The highest BCUT2D eigenvalue weighted by Gasteiger charge is 2.19. The monoisotopic (exact) mass is 350 g/mol. The minimum absolute atomic E-state index is 0.314. The van der Waals surface area contributed by atoms with Crippen LogP contribution in [0.5, 0.6) is 0 Å². The summed E-state index contributed by atoms with van der Waals surface area (Å²) in [4.78, 5) is 0.638. The summed E-state index contributed by atoms with van der Waals surface area (Å²) < 4.78 is 31.6. The lowest BCUT2D eigenvalue weighted by Crippen LogP contribution is -1.89. The lowest BCUT2D eigenvalue weighted by Gasteiger charge is -2.02. The standard InChI is InChI=1S/C21H15FO2S/c1-25(23)21-18-13-16(14-5-3-2-4-6-14)9-12-19(18)24-20(21)15-7-10-17(22)11-8-15/h2-13H,1H3. The van der Waals surface area contributed by atoms with Crippen molar-refractivity contribution in [1.82, 2.24) is 0 Å². The highest BCUT2D eigenvalue weighted by Crippen LogP contribution is 2.37. The summed E-state index contributed by atoms with van der Waals surface area (Å²) in [5.41, 5.74) is 3.50. The van der Waals surface area contributed by atoms with E-state index >= 15 is 0 Å². The minimum Gasteiger partial charge on any atom is -0.455 e. The molecule has 0 radical (unpaired) electrons. The van der Waals surface area contributed by atoms with Crippen molar-refractivity contribution in [3.8, 4) is 22.5 Å². The first-order valence-corrected chi connectivity index (χ1v) is 9.40. The van der Waals surface area contributed by atoms with E-state index in [0.717, 1.165) is 16.5 Å². The SMILES string of the molecule is CS(=O)c1c(-c2ccc(F)cc2)oc2ccc(-c3ccccc3)cc12. The van der Waals surface area contributed by atoms with E-state index in [-0.39, 0.29) is 5.82 Å². The summed E-state index contributed by atoms with van der Waals surface area (Å²) in [5.74, 6) is 0.214. The Kier molecular flexibility index (Phi) is 3.98. The average molecular weight is 350 g/mol. The normalized spacial score (nSPS) is 12.4. The molecule has 0 spiro atoms. The molecule has 3 aromatic carbocycles. The van der Waals surface area contributed by atoms with Crippen molar-refractivity contribution < 1.29 is 13.0 Å². The van der Waals surface area contributed by atoms with E-state index in [1.54, 1.807) is 18.4 Å². The zero-order chi connectivity index (χ0) is 17.4. The van der Waals surface area contributed by atoms with Crippen molar-refractivity contribution in [3.63, 3.8) is 0 Å². The zero-order valence-electron chi connectivity index (χ0n) is 13.5. The second kappa shape index (κ2) is 6.30. The summed E-state index contributed by atoms with van der Waals surface area (Å²) in [6, 6.07) is 21.9. The molecule has 0 amide bonds. The summed E-state index contributed by atoms with van der Waals surface area (Å²) in [5, 5.41) is 0.821. The van der Waals surface area contributed by atoms with Crippen LogP contribution in [0.3, 0.4) is 0 Å². The molecular weight excluding hydrogens is 335 g/mol. The number of hydrogen-bond acceptors (Lipinski definition) is 2. The molecule has 4 heteroatoms. The molecule has 2 nitrogen and oxygen atoms in total. The van der Waals surface area contributed by atoms with Crippen molar-refractivity contribution in [3.05, 3.63) is 78.6 Å². The fourth-order valence-corrected chi connectivity index (χ4v) is 3.85. The van der Waals surface area contributed by atoms with Crippen LogP contribution in [0.25, 0.3) is 33.4 Å². The molecule has 4 aromatic rings. The zero-order valence-corrected chi connectivity index (χ0v) is 14.3. The lowest BCUT2D eigenvalue weighted by molar-refractivity contribution is 0.618. The van der Waals surface area contributed by atoms with Gasteiger partial charge < -0.3 is 4.42 Å². The van der Waals surface area contributed by atoms with Crippen LogP contribution in [0, 0.1) is 5.82 Å². The van der Waals surface area contributed by atoms with Crippen molar-refractivity contribution in [2.75, 3.05) is 6.26 Å². The lowest BCUT2D eigenvalue weighted by atomic mass is 10.0. The van der Waals surface area contributed by atoms with Crippen molar-refractivity contribution in [2.24, 2.45) is 0 Å². The van der Waals surface area contributed by atoms with Crippen LogP contribution in [0.2, 0.25) is 0 Å². The molecule has 1 atom stereocenters. The maximum Gasteiger partial charge on any atom is 0.151 e. The Morgan fingerprint density at radius 2 is 1.52 bits per heavy atom. The van der Waals surface area contributed by atoms with Crippen molar-refractivity contribution in [1.29, 1.82) is 0 Å². The number of fused-ring (bicyclic) bond motifs is 1. The van der Waals surface area contributed by atoms with Gasteiger partial charge in [0.25, 0.3) is 0 Å². The summed E-state index contributed by atoms with van der Waals surface area (Å²) in [7, 11) is -1.24. The second-order valence-corrected chi connectivity index (χ2v) is 7.11. The third-order valence-electron chi connectivity index (χ3n) is 4.14. The van der Waals surface area contributed by atoms with Gasteiger partial charge in [0, 0.05) is 17.2 Å². The average Bonchev–Trinajstić information content (AvgIpc) is 3.02. The molecule has 0 aliphatic carbocycles. The smallest absolute Gasteiger partial charge is 0.151 e. The van der Waals surface area contributed by atoms with Crippen molar-refractivity contribution >= 4 is 21.8 Å². The molecule has 0 aliphatic rings. The summed E-state index contributed by atoms with van der Waals surface area (Å²) in [6.07, 6.45) is 1.63. The van der Waals surface area contributed by atoms with Gasteiger partial charge in [-0.1, -0.05) is 36.4 Å². The molecule has 0 aliphatic heterocycles. The van der Waals surface area contributed by atoms with E-state index in [1.165, 1.54) is 12.1 Å². The molecule has 1 aromatic heterocycles. The molecule has 0 N–H and O–H groups in total. The largest absolute Gasteiger partial charge is 0.455 e. The van der Waals surface area contributed by atoms with Gasteiger partial charge in [0.1, 0.15) is 11.4 Å². The van der Waals surface area contributed by atoms with Crippen molar-refractivity contribution in [2.45, 2.75) is 4.90 Å². The van der Waals surface area contributed by atoms with Crippen LogP contribution >= 0.6 is 0 Å². The topological polar surface area (TPSA) is 30.2 Å². The molecular formula is C21H15FO2S. The van der Waals surface area contributed by atoms with Crippen LogP contribution < -0.4 is 0 Å². The van der Waals surface area contributed by atoms with E-state index in [4.69, 9.17) is 4.42 Å². The molecule has 1 unspecified atom stereocenters. The van der Waals surface area contributed by atoms with Gasteiger partial charge in [-0.25, -0.2) is 4.39 Å². The maximum atomic E-state index is 13.2. The highest BCUT2D eigenvalue weighted by molar-refractivity contribution is 7.84. The minimum atomic E-state index is -1.24. The summed E-state index contributed by atoms with van der Waals surface area (Å²) >= 11 is 0. The van der Waals surface area contributed by atoms with E-state index < -0.39 is 10.8 Å². The quantitative estimate of drug-likeness (QED) is 0.478. The molecule has 1 heterocycles. The Morgan fingerprint density at radius 3 is 2.20 bits per heavy atom. The first kappa shape index (κ1) is 15.8. The second-order valence-electron chi connectivity index (χ2n) is 5.80. The fraction of sp³-hybridized carbons (Fsp3) is 0.0476.